The van der Waals surface area contributed by atoms with E-state index in [1.54, 1.807) is 0 Å². The van der Waals surface area contributed by atoms with Gasteiger partial charge in [-0.05, 0) is 32.4 Å². The number of nitrogens with two attached hydrogens (primary N) is 1. The van der Waals surface area contributed by atoms with Crippen LogP contribution in [-0.2, 0) is 4.79 Å². The molecule has 0 bridgehead atoms. The van der Waals surface area contributed by atoms with Gasteiger partial charge in [0.05, 0.1) is 0 Å². The van der Waals surface area contributed by atoms with E-state index in [9.17, 15) is 4.79 Å². The first kappa shape index (κ1) is 13.5. The van der Waals surface area contributed by atoms with Gasteiger partial charge in [-0.3, -0.25) is 9.69 Å². The number of hydrogen-bond donors (Lipinski definition) is 2. The fraction of sp³-hybridized carbons (Fsp3) is 0.917. The number of carbonyl (C=O) groups is 1. The summed E-state index contributed by atoms with van der Waals surface area (Å²) in [6.07, 6.45) is 5.47. The minimum atomic E-state index is -0.189. The number of carbonyl (C=O) groups excluding carboxylic acids is 1. The lowest BCUT2D eigenvalue weighted by Gasteiger charge is -2.35. The fourth-order valence-electron chi connectivity index (χ4n) is 2.28. The van der Waals surface area contributed by atoms with Gasteiger partial charge in [-0.2, -0.15) is 0 Å². The van der Waals surface area contributed by atoms with Gasteiger partial charge in [-0.1, -0.05) is 13.3 Å². The third-order valence-electron chi connectivity index (χ3n) is 3.20. The summed E-state index contributed by atoms with van der Waals surface area (Å²) in [5.74, 6) is -0.189. The highest BCUT2D eigenvalue weighted by atomic mass is 16.1. The Hall–Kier alpha value is -0.610. The molecule has 4 heteroatoms. The van der Waals surface area contributed by atoms with Gasteiger partial charge in [-0.15, -0.1) is 0 Å². The van der Waals surface area contributed by atoms with Crippen molar-refractivity contribution in [1.82, 2.24) is 10.2 Å². The van der Waals surface area contributed by atoms with Gasteiger partial charge < -0.3 is 11.1 Å². The van der Waals surface area contributed by atoms with E-state index in [1.807, 2.05) is 0 Å². The molecule has 0 spiro atoms. The number of hydrogen-bond acceptors (Lipinski definition) is 3. The van der Waals surface area contributed by atoms with E-state index >= 15 is 0 Å². The maximum absolute atomic E-state index is 10.8. The molecule has 1 rings (SSSR count). The molecule has 4 nitrogen and oxygen atoms in total. The van der Waals surface area contributed by atoms with Gasteiger partial charge in [-0.25, -0.2) is 0 Å². The van der Waals surface area contributed by atoms with Crippen molar-refractivity contribution in [2.45, 2.75) is 45.1 Å². The second-order valence-corrected chi connectivity index (χ2v) is 4.61. The molecule has 3 N–H and O–H groups in total. The van der Waals surface area contributed by atoms with Gasteiger partial charge in [0.1, 0.15) is 0 Å². The summed E-state index contributed by atoms with van der Waals surface area (Å²) in [5.41, 5.74) is 5.20. The Balaban J connectivity index is 2.28. The summed E-state index contributed by atoms with van der Waals surface area (Å²) >= 11 is 0. The predicted octanol–water partition coefficient (Wildman–Crippen LogP) is 0.716. The summed E-state index contributed by atoms with van der Waals surface area (Å²) in [4.78, 5) is 13.2. The average Bonchev–Trinajstić information content (AvgIpc) is 2.28. The molecule has 1 fully saturated rings. The first-order valence-electron chi connectivity index (χ1n) is 6.47. The van der Waals surface area contributed by atoms with Gasteiger partial charge in [0.25, 0.3) is 0 Å². The summed E-state index contributed by atoms with van der Waals surface area (Å²) in [7, 11) is 0. The van der Waals surface area contributed by atoms with Crippen LogP contribution in [0.15, 0.2) is 0 Å². The Morgan fingerprint density at radius 1 is 1.50 bits per heavy atom. The molecule has 16 heavy (non-hydrogen) atoms. The van der Waals surface area contributed by atoms with Crippen molar-refractivity contribution in [2.24, 2.45) is 5.73 Å². The maximum Gasteiger partial charge on any atom is 0.218 e. The van der Waals surface area contributed by atoms with E-state index in [0.717, 1.165) is 26.2 Å². The summed E-state index contributed by atoms with van der Waals surface area (Å²) in [6, 6.07) is 0.597. The number of nitrogens with zero attached hydrogens (tertiary/aromatic N) is 1. The Bertz CT molecular complexity index is 208. The van der Waals surface area contributed by atoms with Crippen LogP contribution in [0.4, 0.5) is 0 Å². The van der Waals surface area contributed by atoms with E-state index in [-0.39, 0.29) is 5.91 Å². The van der Waals surface area contributed by atoms with Crippen LogP contribution < -0.4 is 11.1 Å². The quantitative estimate of drug-likeness (QED) is 0.630. The summed E-state index contributed by atoms with van der Waals surface area (Å²) < 4.78 is 0. The second-order valence-electron chi connectivity index (χ2n) is 4.61. The largest absolute Gasteiger partial charge is 0.370 e. The smallest absolute Gasteiger partial charge is 0.218 e. The van der Waals surface area contributed by atoms with E-state index in [1.165, 1.54) is 25.7 Å². The molecule has 0 aromatic rings. The molecule has 0 aromatic carbocycles. The highest BCUT2D eigenvalue weighted by Crippen LogP contribution is 2.16. The monoisotopic (exact) mass is 227 g/mol. The lowest BCUT2D eigenvalue weighted by atomic mass is 10.0. The van der Waals surface area contributed by atoms with E-state index in [4.69, 9.17) is 5.73 Å². The lowest BCUT2D eigenvalue weighted by molar-refractivity contribution is -0.118. The van der Waals surface area contributed by atoms with Gasteiger partial charge in [0.2, 0.25) is 5.91 Å². The number of rotatable bonds is 7. The third kappa shape index (κ3) is 4.94. The first-order chi connectivity index (χ1) is 7.74. The van der Waals surface area contributed by atoms with E-state index < -0.39 is 0 Å². The molecule has 1 aliphatic rings. The molecule has 0 aliphatic carbocycles. The molecule has 1 amide bonds. The molecule has 1 heterocycles. The Morgan fingerprint density at radius 3 is 3.00 bits per heavy atom. The zero-order valence-electron chi connectivity index (χ0n) is 10.4. The number of likely N-dealkylation sites (tertiary alicyclic amines) is 1. The Labute approximate surface area is 98.6 Å². The maximum atomic E-state index is 10.8. The Kier molecular flexibility index (Phi) is 6.42. The zero-order chi connectivity index (χ0) is 11.8. The number of primary amides is 1. The van der Waals surface area contributed by atoms with Crippen LogP contribution in [0.1, 0.15) is 39.0 Å². The predicted molar refractivity (Wildman–Crippen MR) is 66.2 cm³/mol. The molecule has 1 saturated heterocycles. The van der Waals surface area contributed by atoms with Crippen molar-refractivity contribution in [1.29, 1.82) is 0 Å². The van der Waals surface area contributed by atoms with E-state index in [2.05, 4.69) is 17.1 Å². The SMILES string of the molecule is CCCNCC1CCCCN1CCC(N)=O. The summed E-state index contributed by atoms with van der Waals surface area (Å²) in [6.45, 7) is 6.26. The molecule has 94 valence electrons. The van der Waals surface area contributed by atoms with Crippen molar-refractivity contribution in [3.63, 3.8) is 0 Å². The van der Waals surface area contributed by atoms with Crippen LogP contribution in [0.2, 0.25) is 0 Å². The van der Waals surface area contributed by atoms with Crippen LogP contribution in [-0.4, -0.2) is 43.0 Å². The van der Waals surface area contributed by atoms with Crippen LogP contribution in [0.3, 0.4) is 0 Å². The van der Waals surface area contributed by atoms with Crippen LogP contribution in [0, 0.1) is 0 Å². The van der Waals surface area contributed by atoms with Crippen LogP contribution in [0.25, 0.3) is 0 Å². The molecule has 1 unspecified atom stereocenters. The summed E-state index contributed by atoms with van der Waals surface area (Å²) in [5, 5.41) is 3.46. The molecule has 0 aromatic heterocycles. The van der Waals surface area contributed by atoms with Gasteiger partial charge in [0, 0.05) is 25.6 Å². The highest BCUT2D eigenvalue weighted by molar-refractivity contribution is 5.73. The number of amides is 1. The topological polar surface area (TPSA) is 58.4 Å². The van der Waals surface area contributed by atoms with Gasteiger partial charge in [0.15, 0.2) is 0 Å². The van der Waals surface area contributed by atoms with Crippen molar-refractivity contribution in [3.05, 3.63) is 0 Å². The third-order valence-corrected chi connectivity index (χ3v) is 3.20. The standard InChI is InChI=1S/C12H25N3O/c1-2-7-14-10-11-5-3-4-8-15(11)9-6-12(13)16/h11,14H,2-10H2,1H3,(H2,13,16). The van der Waals surface area contributed by atoms with Crippen molar-refractivity contribution in [2.75, 3.05) is 26.2 Å². The number of nitrogens with one attached hydrogen (secondary N) is 1. The molecule has 0 radical (unpaired) electrons. The second kappa shape index (κ2) is 7.63. The Morgan fingerprint density at radius 2 is 2.31 bits per heavy atom. The van der Waals surface area contributed by atoms with Crippen molar-refractivity contribution in [3.8, 4) is 0 Å². The highest BCUT2D eigenvalue weighted by Gasteiger charge is 2.21. The normalized spacial score (nSPS) is 22.2. The van der Waals surface area contributed by atoms with Crippen LogP contribution in [0.5, 0.6) is 0 Å². The van der Waals surface area contributed by atoms with Gasteiger partial charge >= 0.3 is 0 Å². The minimum Gasteiger partial charge on any atom is -0.370 e. The molecule has 1 atom stereocenters. The fourth-order valence-corrected chi connectivity index (χ4v) is 2.28. The zero-order valence-corrected chi connectivity index (χ0v) is 10.4. The molecule has 1 aliphatic heterocycles. The number of piperidine rings is 1. The van der Waals surface area contributed by atoms with Crippen molar-refractivity contribution < 1.29 is 4.79 Å². The van der Waals surface area contributed by atoms with E-state index in [0.29, 0.717) is 12.5 Å². The average molecular weight is 227 g/mol. The van der Waals surface area contributed by atoms with Crippen molar-refractivity contribution >= 4 is 5.91 Å². The lowest BCUT2D eigenvalue weighted by Crippen LogP contribution is -2.46. The molecule has 0 saturated carbocycles. The van der Waals surface area contributed by atoms with Crippen LogP contribution >= 0.6 is 0 Å². The minimum absolute atomic E-state index is 0.189. The molecular weight excluding hydrogens is 202 g/mol. The molecular formula is C12H25N3O. The first-order valence-corrected chi connectivity index (χ1v) is 6.47.